The predicted octanol–water partition coefficient (Wildman–Crippen LogP) is 2.30. The number of hydrogen-bond acceptors (Lipinski definition) is 5. The maximum Gasteiger partial charge on any atom is 0.341 e. The molecule has 6 heteroatoms. The topological polar surface area (TPSA) is 73.9 Å². The molecule has 0 spiro atoms. The number of ether oxygens (including phenoxy) is 3. The minimum Gasteiger partial charge on any atom is -0.483 e. The van der Waals surface area contributed by atoms with E-state index in [-0.39, 0.29) is 18.6 Å². The van der Waals surface area contributed by atoms with Gasteiger partial charge in [0.15, 0.2) is 6.61 Å². The summed E-state index contributed by atoms with van der Waals surface area (Å²) < 4.78 is 15.9. The summed E-state index contributed by atoms with van der Waals surface area (Å²) in [6, 6.07) is 11.1. The zero-order valence-corrected chi connectivity index (χ0v) is 14.1. The van der Waals surface area contributed by atoms with Gasteiger partial charge in [-0.25, -0.2) is 4.79 Å². The molecule has 0 aromatic heterocycles. The fourth-order valence-corrected chi connectivity index (χ4v) is 2.84. The van der Waals surface area contributed by atoms with E-state index in [1.807, 2.05) is 24.3 Å². The fourth-order valence-electron chi connectivity index (χ4n) is 2.84. The van der Waals surface area contributed by atoms with Gasteiger partial charge in [0.2, 0.25) is 0 Å². The number of rotatable bonds is 6. The van der Waals surface area contributed by atoms with E-state index < -0.39 is 5.97 Å². The second-order valence-corrected chi connectivity index (χ2v) is 5.91. The molecule has 1 fully saturated rings. The molecule has 0 saturated carbocycles. The molecule has 2 aromatic rings. The van der Waals surface area contributed by atoms with Crippen LogP contribution in [0.25, 0.3) is 10.8 Å². The third-order valence-corrected chi connectivity index (χ3v) is 4.16. The van der Waals surface area contributed by atoms with E-state index >= 15 is 0 Å². The average Bonchev–Trinajstić information content (AvgIpc) is 3.16. The number of hydrogen-bond donors (Lipinski definition) is 1. The molecule has 1 saturated heterocycles. The van der Waals surface area contributed by atoms with Crippen molar-refractivity contribution >= 4 is 22.6 Å². The molecule has 2 aromatic carbocycles. The Morgan fingerprint density at radius 1 is 1.24 bits per heavy atom. The maximum absolute atomic E-state index is 12.0. The molecule has 132 valence electrons. The Balaban J connectivity index is 1.68. The van der Waals surface area contributed by atoms with Crippen molar-refractivity contribution in [3.63, 3.8) is 0 Å². The Kier molecular flexibility index (Phi) is 5.50. The second kappa shape index (κ2) is 7.98. The van der Waals surface area contributed by atoms with Crippen LogP contribution in [0.4, 0.5) is 0 Å². The third-order valence-electron chi connectivity index (χ3n) is 4.16. The molecule has 1 atom stereocenters. The van der Waals surface area contributed by atoms with Gasteiger partial charge in [0, 0.05) is 13.2 Å². The SMILES string of the molecule is COC(=O)c1cc2ccccc2cc1OCC(=O)NC[C@H]1CCCO1. The molecular weight excluding hydrogens is 322 g/mol. The van der Waals surface area contributed by atoms with Gasteiger partial charge in [-0.15, -0.1) is 0 Å². The Morgan fingerprint density at radius 3 is 2.68 bits per heavy atom. The summed E-state index contributed by atoms with van der Waals surface area (Å²) in [6.45, 7) is 1.05. The van der Waals surface area contributed by atoms with E-state index in [0.29, 0.717) is 17.9 Å². The van der Waals surface area contributed by atoms with Gasteiger partial charge < -0.3 is 19.5 Å². The molecule has 1 N–H and O–H groups in total. The van der Waals surface area contributed by atoms with Crippen LogP contribution in [0.15, 0.2) is 36.4 Å². The van der Waals surface area contributed by atoms with Crippen LogP contribution in [0, 0.1) is 0 Å². The summed E-state index contributed by atoms with van der Waals surface area (Å²) in [5, 5.41) is 4.61. The van der Waals surface area contributed by atoms with Crippen molar-refractivity contribution in [1.82, 2.24) is 5.32 Å². The Labute approximate surface area is 146 Å². The smallest absolute Gasteiger partial charge is 0.341 e. The normalized spacial score (nSPS) is 16.6. The van der Waals surface area contributed by atoms with Crippen LogP contribution in [0.5, 0.6) is 5.75 Å². The van der Waals surface area contributed by atoms with Gasteiger partial charge in [0.05, 0.1) is 13.2 Å². The average molecular weight is 343 g/mol. The van der Waals surface area contributed by atoms with Crippen molar-refractivity contribution in [1.29, 1.82) is 0 Å². The summed E-state index contributed by atoms with van der Waals surface area (Å²) in [5.41, 5.74) is 0.299. The first-order valence-electron chi connectivity index (χ1n) is 8.29. The first kappa shape index (κ1) is 17.2. The van der Waals surface area contributed by atoms with Crippen molar-refractivity contribution in [2.45, 2.75) is 18.9 Å². The molecule has 1 amide bonds. The lowest BCUT2D eigenvalue weighted by Crippen LogP contribution is -2.35. The van der Waals surface area contributed by atoms with Gasteiger partial charge in [-0.1, -0.05) is 24.3 Å². The first-order chi connectivity index (χ1) is 12.2. The van der Waals surface area contributed by atoms with Crippen LogP contribution >= 0.6 is 0 Å². The van der Waals surface area contributed by atoms with E-state index in [4.69, 9.17) is 14.2 Å². The lowest BCUT2D eigenvalue weighted by atomic mass is 10.1. The summed E-state index contributed by atoms with van der Waals surface area (Å²) in [4.78, 5) is 24.0. The van der Waals surface area contributed by atoms with Crippen molar-refractivity contribution in [2.75, 3.05) is 26.9 Å². The predicted molar refractivity (Wildman–Crippen MR) is 92.8 cm³/mol. The first-order valence-corrected chi connectivity index (χ1v) is 8.29. The Morgan fingerprint density at radius 2 is 2.00 bits per heavy atom. The number of esters is 1. The molecule has 25 heavy (non-hydrogen) atoms. The van der Waals surface area contributed by atoms with Gasteiger partial charge in [-0.2, -0.15) is 0 Å². The number of nitrogens with one attached hydrogen (secondary N) is 1. The molecule has 0 aliphatic carbocycles. The van der Waals surface area contributed by atoms with Gasteiger partial charge >= 0.3 is 5.97 Å². The number of methoxy groups -OCH3 is 1. The highest BCUT2D eigenvalue weighted by Crippen LogP contribution is 2.26. The highest BCUT2D eigenvalue weighted by atomic mass is 16.5. The van der Waals surface area contributed by atoms with E-state index in [9.17, 15) is 9.59 Å². The minimum absolute atomic E-state index is 0.0789. The summed E-state index contributed by atoms with van der Waals surface area (Å²) >= 11 is 0. The Bertz CT molecular complexity index is 767. The molecule has 0 unspecified atom stereocenters. The van der Waals surface area contributed by atoms with E-state index in [1.54, 1.807) is 12.1 Å². The zero-order chi connectivity index (χ0) is 17.6. The molecular formula is C19H21NO5. The molecule has 6 nitrogen and oxygen atoms in total. The largest absolute Gasteiger partial charge is 0.483 e. The second-order valence-electron chi connectivity index (χ2n) is 5.91. The molecule has 0 bridgehead atoms. The summed E-state index contributed by atoms with van der Waals surface area (Å²) in [7, 11) is 1.32. The van der Waals surface area contributed by atoms with Crippen LogP contribution < -0.4 is 10.1 Å². The lowest BCUT2D eigenvalue weighted by molar-refractivity contribution is -0.123. The van der Waals surface area contributed by atoms with Crippen LogP contribution in [-0.2, 0) is 14.3 Å². The summed E-state index contributed by atoms with van der Waals surface area (Å²) in [6.07, 6.45) is 2.06. The lowest BCUT2D eigenvalue weighted by Gasteiger charge is -2.13. The van der Waals surface area contributed by atoms with Crippen LogP contribution in [-0.4, -0.2) is 44.8 Å². The van der Waals surface area contributed by atoms with Crippen molar-refractivity contribution in [3.8, 4) is 5.75 Å². The quantitative estimate of drug-likeness (QED) is 0.815. The molecule has 1 aliphatic heterocycles. The highest BCUT2D eigenvalue weighted by molar-refractivity contribution is 5.98. The van der Waals surface area contributed by atoms with Crippen molar-refractivity contribution < 1.29 is 23.8 Å². The number of carbonyl (C=O) groups is 2. The van der Waals surface area contributed by atoms with Crippen LogP contribution in [0.2, 0.25) is 0 Å². The standard InChI is InChI=1S/C19H21NO5/c1-23-19(22)16-9-13-5-2-3-6-14(13)10-17(16)25-12-18(21)20-11-15-7-4-8-24-15/h2-3,5-6,9-10,15H,4,7-8,11-12H2,1H3,(H,20,21)/t15-/m1/s1. The van der Waals surface area contributed by atoms with E-state index in [1.165, 1.54) is 7.11 Å². The highest BCUT2D eigenvalue weighted by Gasteiger charge is 2.18. The molecule has 1 aliphatic rings. The van der Waals surface area contributed by atoms with Crippen LogP contribution in [0.3, 0.4) is 0 Å². The van der Waals surface area contributed by atoms with Crippen LogP contribution in [0.1, 0.15) is 23.2 Å². The van der Waals surface area contributed by atoms with Gasteiger partial charge in [-0.3, -0.25) is 4.79 Å². The van der Waals surface area contributed by atoms with Gasteiger partial charge in [0.1, 0.15) is 11.3 Å². The van der Waals surface area contributed by atoms with E-state index in [0.717, 1.165) is 30.2 Å². The maximum atomic E-state index is 12.0. The summed E-state index contributed by atoms with van der Waals surface area (Å²) in [5.74, 6) is -0.419. The number of fused-ring (bicyclic) bond motifs is 1. The minimum atomic E-state index is -0.500. The monoisotopic (exact) mass is 343 g/mol. The fraction of sp³-hybridized carbons (Fsp3) is 0.368. The van der Waals surface area contributed by atoms with Gasteiger partial charge in [0.25, 0.3) is 5.91 Å². The number of benzene rings is 2. The third kappa shape index (κ3) is 4.28. The molecule has 3 rings (SSSR count). The number of carbonyl (C=O) groups excluding carboxylic acids is 2. The van der Waals surface area contributed by atoms with Crippen molar-refractivity contribution in [3.05, 3.63) is 42.0 Å². The van der Waals surface area contributed by atoms with Gasteiger partial charge in [-0.05, 0) is 35.7 Å². The molecule has 1 heterocycles. The Hall–Kier alpha value is -2.60. The molecule has 0 radical (unpaired) electrons. The number of amides is 1. The zero-order valence-electron chi connectivity index (χ0n) is 14.1. The van der Waals surface area contributed by atoms with E-state index in [2.05, 4.69) is 5.32 Å². The van der Waals surface area contributed by atoms with Crippen molar-refractivity contribution in [2.24, 2.45) is 0 Å².